The first-order valence-electron chi connectivity index (χ1n) is 7.01. The molecule has 0 saturated carbocycles. The third kappa shape index (κ3) is 2.93. The van der Waals surface area contributed by atoms with Gasteiger partial charge in [0.1, 0.15) is 0 Å². The van der Waals surface area contributed by atoms with Crippen molar-refractivity contribution in [2.45, 2.75) is 33.6 Å². The van der Waals surface area contributed by atoms with E-state index in [2.05, 4.69) is 31.0 Å². The Bertz CT molecular complexity index is 650. The number of rotatable bonds is 4. The number of carboxylic acids is 1. The molecule has 0 atom stereocenters. The summed E-state index contributed by atoms with van der Waals surface area (Å²) in [5.41, 5.74) is 4.73. The number of halogens is 1. The standard InChI is InChI=1S/C17H18ClNO2/c1-4-11-7-6-8-12(5-2)16(11)14-9-13(18)15(17(20)21)10(3)19-14/h6-9H,4-5H2,1-3H3,(H,20,21). The predicted molar refractivity (Wildman–Crippen MR) is 85.1 cm³/mol. The van der Waals surface area contributed by atoms with Crippen molar-refractivity contribution in [1.29, 1.82) is 0 Å². The van der Waals surface area contributed by atoms with Crippen molar-refractivity contribution in [3.8, 4) is 11.3 Å². The lowest BCUT2D eigenvalue weighted by Crippen LogP contribution is -2.05. The molecule has 110 valence electrons. The van der Waals surface area contributed by atoms with Crippen LogP contribution in [0.5, 0.6) is 0 Å². The smallest absolute Gasteiger partial charge is 0.339 e. The Morgan fingerprint density at radius 3 is 2.24 bits per heavy atom. The largest absolute Gasteiger partial charge is 0.478 e. The topological polar surface area (TPSA) is 50.2 Å². The molecule has 0 bridgehead atoms. The maximum absolute atomic E-state index is 11.2. The zero-order chi connectivity index (χ0) is 15.6. The summed E-state index contributed by atoms with van der Waals surface area (Å²) in [4.78, 5) is 15.7. The average Bonchev–Trinajstić information content (AvgIpc) is 2.44. The number of hydrogen-bond donors (Lipinski definition) is 1. The lowest BCUT2D eigenvalue weighted by Gasteiger charge is -2.14. The zero-order valence-corrected chi connectivity index (χ0v) is 13.2. The van der Waals surface area contributed by atoms with Gasteiger partial charge in [0.2, 0.25) is 0 Å². The Morgan fingerprint density at radius 1 is 1.24 bits per heavy atom. The van der Waals surface area contributed by atoms with E-state index in [1.54, 1.807) is 13.0 Å². The third-order valence-electron chi connectivity index (χ3n) is 3.62. The van der Waals surface area contributed by atoms with E-state index >= 15 is 0 Å². The fourth-order valence-electron chi connectivity index (χ4n) is 2.59. The first-order chi connectivity index (χ1) is 9.99. The zero-order valence-electron chi connectivity index (χ0n) is 12.4. The van der Waals surface area contributed by atoms with Gasteiger partial charge in [-0.2, -0.15) is 0 Å². The van der Waals surface area contributed by atoms with Crippen LogP contribution in [0, 0.1) is 6.92 Å². The lowest BCUT2D eigenvalue weighted by atomic mass is 9.94. The summed E-state index contributed by atoms with van der Waals surface area (Å²) < 4.78 is 0. The Labute approximate surface area is 129 Å². The second-order valence-electron chi connectivity index (χ2n) is 4.91. The number of hydrogen-bond acceptors (Lipinski definition) is 2. The molecule has 1 N–H and O–H groups in total. The van der Waals surface area contributed by atoms with E-state index in [0.29, 0.717) is 5.69 Å². The molecule has 0 spiro atoms. The number of aromatic carboxylic acids is 1. The molecule has 2 aromatic rings. The van der Waals surface area contributed by atoms with Crippen molar-refractivity contribution in [3.63, 3.8) is 0 Å². The highest BCUT2D eigenvalue weighted by Gasteiger charge is 2.18. The van der Waals surface area contributed by atoms with Gasteiger partial charge < -0.3 is 5.11 Å². The number of benzene rings is 1. The van der Waals surface area contributed by atoms with Crippen molar-refractivity contribution in [2.75, 3.05) is 0 Å². The fraction of sp³-hybridized carbons (Fsp3) is 0.294. The van der Waals surface area contributed by atoms with Crippen molar-refractivity contribution < 1.29 is 9.90 Å². The van der Waals surface area contributed by atoms with Crippen molar-refractivity contribution >= 4 is 17.6 Å². The van der Waals surface area contributed by atoms with Gasteiger partial charge in [-0.05, 0) is 37.0 Å². The molecule has 0 unspecified atom stereocenters. The number of carboxylic acid groups (broad SMARTS) is 1. The fourth-order valence-corrected chi connectivity index (χ4v) is 2.91. The van der Waals surface area contributed by atoms with Crippen molar-refractivity contribution in [2.24, 2.45) is 0 Å². The number of aromatic nitrogens is 1. The Kier molecular flexibility index (Phi) is 4.63. The molecule has 2 rings (SSSR count). The minimum atomic E-state index is -1.05. The van der Waals surface area contributed by atoms with Crippen LogP contribution < -0.4 is 0 Å². The van der Waals surface area contributed by atoms with Crippen molar-refractivity contribution in [1.82, 2.24) is 4.98 Å². The van der Waals surface area contributed by atoms with Crippen LogP contribution in [0.2, 0.25) is 5.02 Å². The van der Waals surface area contributed by atoms with Crippen LogP contribution in [0.3, 0.4) is 0 Å². The van der Waals surface area contributed by atoms with Crippen LogP contribution in [0.1, 0.15) is 41.0 Å². The molecule has 21 heavy (non-hydrogen) atoms. The summed E-state index contributed by atoms with van der Waals surface area (Å²) in [6, 6.07) is 7.85. The van der Waals surface area contributed by atoms with Gasteiger partial charge in [0.05, 0.1) is 22.0 Å². The van der Waals surface area contributed by atoms with Crippen LogP contribution in [-0.4, -0.2) is 16.1 Å². The second-order valence-corrected chi connectivity index (χ2v) is 5.32. The molecule has 0 aliphatic heterocycles. The molecule has 4 heteroatoms. The lowest BCUT2D eigenvalue weighted by molar-refractivity contribution is 0.0696. The van der Waals surface area contributed by atoms with Crippen LogP contribution in [-0.2, 0) is 12.8 Å². The molecule has 1 heterocycles. The average molecular weight is 304 g/mol. The van der Waals surface area contributed by atoms with Gasteiger partial charge in [-0.15, -0.1) is 0 Å². The van der Waals surface area contributed by atoms with E-state index in [-0.39, 0.29) is 10.6 Å². The highest BCUT2D eigenvalue weighted by molar-refractivity contribution is 6.33. The van der Waals surface area contributed by atoms with Gasteiger partial charge >= 0.3 is 5.97 Å². The SMILES string of the molecule is CCc1cccc(CC)c1-c1cc(Cl)c(C(=O)O)c(C)n1. The molecule has 0 fully saturated rings. The van der Waals surface area contributed by atoms with Gasteiger partial charge in [0, 0.05) is 5.56 Å². The van der Waals surface area contributed by atoms with Crippen molar-refractivity contribution in [3.05, 3.63) is 51.7 Å². The normalized spacial score (nSPS) is 10.7. The molecular weight excluding hydrogens is 286 g/mol. The van der Waals surface area contributed by atoms with Gasteiger partial charge in [-0.1, -0.05) is 43.6 Å². The summed E-state index contributed by atoms with van der Waals surface area (Å²) in [5, 5.41) is 9.42. The van der Waals surface area contributed by atoms with Crippen LogP contribution in [0.25, 0.3) is 11.3 Å². The van der Waals surface area contributed by atoms with Crippen LogP contribution >= 0.6 is 11.6 Å². The quantitative estimate of drug-likeness (QED) is 0.902. The Balaban J connectivity index is 2.71. The number of pyridine rings is 1. The first kappa shape index (κ1) is 15.5. The van der Waals surface area contributed by atoms with Gasteiger partial charge in [0.15, 0.2) is 0 Å². The van der Waals surface area contributed by atoms with E-state index in [4.69, 9.17) is 11.6 Å². The minimum absolute atomic E-state index is 0.0763. The number of aryl methyl sites for hydroxylation is 3. The predicted octanol–water partition coefficient (Wildman–Crippen LogP) is 4.53. The summed E-state index contributed by atoms with van der Waals surface area (Å²) in [7, 11) is 0. The summed E-state index contributed by atoms with van der Waals surface area (Å²) >= 11 is 6.15. The summed E-state index contributed by atoms with van der Waals surface area (Å²) in [5.74, 6) is -1.05. The molecule has 0 radical (unpaired) electrons. The Morgan fingerprint density at radius 2 is 1.81 bits per heavy atom. The maximum Gasteiger partial charge on any atom is 0.339 e. The van der Waals surface area contributed by atoms with Crippen LogP contribution in [0.4, 0.5) is 0 Å². The van der Waals surface area contributed by atoms with E-state index in [9.17, 15) is 9.90 Å². The van der Waals surface area contributed by atoms with E-state index in [1.807, 2.05) is 6.07 Å². The molecule has 3 nitrogen and oxygen atoms in total. The monoisotopic (exact) mass is 303 g/mol. The van der Waals surface area contributed by atoms with E-state index < -0.39 is 5.97 Å². The van der Waals surface area contributed by atoms with Gasteiger partial charge in [0.25, 0.3) is 0 Å². The second kappa shape index (κ2) is 6.27. The van der Waals surface area contributed by atoms with Crippen LogP contribution in [0.15, 0.2) is 24.3 Å². The van der Waals surface area contributed by atoms with Gasteiger partial charge in [-0.3, -0.25) is 4.98 Å². The molecule has 0 amide bonds. The molecule has 1 aromatic carbocycles. The first-order valence-corrected chi connectivity index (χ1v) is 7.38. The van der Waals surface area contributed by atoms with E-state index in [0.717, 1.165) is 24.1 Å². The highest BCUT2D eigenvalue weighted by Crippen LogP contribution is 2.31. The molecule has 0 saturated heterocycles. The third-order valence-corrected chi connectivity index (χ3v) is 3.92. The number of carbonyl (C=O) groups is 1. The summed E-state index contributed by atoms with van der Waals surface area (Å²) in [6.07, 6.45) is 1.78. The highest BCUT2D eigenvalue weighted by atomic mass is 35.5. The van der Waals surface area contributed by atoms with Gasteiger partial charge in [-0.25, -0.2) is 4.79 Å². The molecule has 1 aromatic heterocycles. The molecule has 0 aliphatic carbocycles. The number of nitrogens with zero attached hydrogens (tertiary/aromatic N) is 1. The molecule has 0 aliphatic rings. The minimum Gasteiger partial charge on any atom is -0.478 e. The molecular formula is C17H18ClNO2. The van der Waals surface area contributed by atoms with E-state index in [1.165, 1.54) is 11.1 Å². The summed E-state index contributed by atoms with van der Waals surface area (Å²) in [6.45, 7) is 5.87. The Hall–Kier alpha value is -1.87. The maximum atomic E-state index is 11.2.